The van der Waals surface area contributed by atoms with Crippen LogP contribution in [0.5, 0.6) is 0 Å². The highest BCUT2D eigenvalue weighted by molar-refractivity contribution is 7.12. The van der Waals surface area contributed by atoms with Crippen molar-refractivity contribution in [2.24, 2.45) is 0 Å². The van der Waals surface area contributed by atoms with Gasteiger partial charge in [0.25, 0.3) is 5.91 Å². The van der Waals surface area contributed by atoms with Crippen molar-refractivity contribution >= 4 is 46.2 Å². The molecule has 1 aliphatic heterocycles. The van der Waals surface area contributed by atoms with Gasteiger partial charge in [-0.25, -0.2) is 0 Å². The third-order valence-electron chi connectivity index (χ3n) is 3.93. The predicted molar refractivity (Wildman–Crippen MR) is 97.5 cm³/mol. The number of carbonyl (C=O) groups excluding carboxylic acids is 2. The third kappa shape index (κ3) is 4.16. The maximum absolute atomic E-state index is 12.5. The van der Waals surface area contributed by atoms with E-state index in [1.54, 1.807) is 23.1 Å². The maximum atomic E-state index is 12.5. The van der Waals surface area contributed by atoms with Gasteiger partial charge in [0.1, 0.15) is 0 Å². The summed E-state index contributed by atoms with van der Waals surface area (Å²) in [6.07, 6.45) is 0. The van der Waals surface area contributed by atoms with Gasteiger partial charge in [0.05, 0.1) is 11.4 Å². The van der Waals surface area contributed by atoms with Crippen LogP contribution < -0.4 is 0 Å². The largest absolute Gasteiger partial charge is 0.336 e. The van der Waals surface area contributed by atoms with Crippen molar-refractivity contribution in [3.05, 3.63) is 56.2 Å². The molecule has 0 spiro atoms. The van der Waals surface area contributed by atoms with Gasteiger partial charge in [0.2, 0.25) is 0 Å². The van der Waals surface area contributed by atoms with Crippen molar-refractivity contribution in [3.8, 4) is 0 Å². The normalized spacial score (nSPS) is 15.5. The molecule has 3 rings (SSSR count). The van der Waals surface area contributed by atoms with Gasteiger partial charge in [0.15, 0.2) is 5.78 Å². The molecule has 0 radical (unpaired) electrons. The van der Waals surface area contributed by atoms with E-state index in [2.05, 4.69) is 4.90 Å². The van der Waals surface area contributed by atoms with Gasteiger partial charge in [-0.2, -0.15) is 0 Å². The number of rotatable bonds is 4. The van der Waals surface area contributed by atoms with Gasteiger partial charge >= 0.3 is 0 Å². The van der Waals surface area contributed by atoms with Gasteiger partial charge in [-0.05, 0) is 29.6 Å². The SMILES string of the molecule is O=C(CN1CCN(C(=O)c2cc(Cl)cc(Cl)c2)CC1)c1cccs1. The lowest BCUT2D eigenvalue weighted by Crippen LogP contribution is -2.49. The molecular formula is C17H16Cl2N2O2S. The number of amides is 1. The summed E-state index contributed by atoms with van der Waals surface area (Å²) in [6.45, 7) is 2.92. The lowest BCUT2D eigenvalue weighted by Gasteiger charge is -2.34. The van der Waals surface area contributed by atoms with Gasteiger partial charge < -0.3 is 4.90 Å². The smallest absolute Gasteiger partial charge is 0.254 e. The molecule has 4 nitrogen and oxygen atoms in total. The number of ketones is 1. The Kier molecular flexibility index (Phi) is 5.56. The number of carbonyl (C=O) groups is 2. The first-order valence-electron chi connectivity index (χ1n) is 7.57. The second kappa shape index (κ2) is 7.66. The summed E-state index contributed by atoms with van der Waals surface area (Å²) in [4.78, 5) is 29.3. The van der Waals surface area contributed by atoms with Crippen molar-refractivity contribution in [1.82, 2.24) is 9.80 Å². The number of Topliss-reactive ketones (excluding diaryl/α,β-unsaturated/α-hetero) is 1. The molecule has 2 aromatic rings. The van der Waals surface area contributed by atoms with Crippen molar-refractivity contribution in [2.45, 2.75) is 0 Å². The summed E-state index contributed by atoms with van der Waals surface area (Å²) >= 11 is 13.4. The summed E-state index contributed by atoms with van der Waals surface area (Å²) < 4.78 is 0. The van der Waals surface area contributed by atoms with Crippen molar-refractivity contribution in [2.75, 3.05) is 32.7 Å². The zero-order chi connectivity index (χ0) is 17.1. The Bertz CT molecular complexity index is 721. The summed E-state index contributed by atoms with van der Waals surface area (Å²) in [5.41, 5.74) is 0.496. The summed E-state index contributed by atoms with van der Waals surface area (Å²) in [5.74, 6) is 0.0510. The molecule has 126 valence electrons. The zero-order valence-electron chi connectivity index (χ0n) is 12.9. The second-order valence-corrected chi connectivity index (χ2v) is 7.45. The first-order chi connectivity index (χ1) is 11.5. The van der Waals surface area contributed by atoms with E-state index in [1.165, 1.54) is 11.3 Å². The van der Waals surface area contributed by atoms with E-state index in [9.17, 15) is 9.59 Å². The molecule has 1 saturated heterocycles. The highest BCUT2D eigenvalue weighted by Gasteiger charge is 2.24. The lowest BCUT2D eigenvalue weighted by molar-refractivity contribution is 0.0625. The maximum Gasteiger partial charge on any atom is 0.254 e. The monoisotopic (exact) mass is 382 g/mol. The minimum Gasteiger partial charge on any atom is -0.336 e. The minimum atomic E-state index is -0.0800. The Balaban J connectivity index is 1.56. The molecule has 2 heterocycles. The summed E-state index contributed by atoms with van der Waals surface area (Å²) in [5, 5.41) is 2.80. The molecule has 0 atom stereocenters. The summed E-state index contributed by atoms with van der Waals surface area (Å²) in [6, 6.07) is 8.58. The van der Waals surface area contributed by atoms with Gasteiger partial charge in [-0.15, -0.1) is 11.3 Å². The minimum absolute atomic E-state index is 0.0800. The van der Waals surface area contributed by atoms with Crippen molar-refractivity contribution in [1.29, 1.82) is 0 Å². The van der Waals surface area contributed by atoms with Crippen LogP contribution in [0.3, 0.4) is 0 Å². The van der Waals surface area contributed by atoms with Crippen LogP contribution in [0.4, 0.5) is 0 Å². The number of benzene rings is 1. The molecule has 1 aliphatic rings. The van der Waals surface area contributed by atoms with Gasteiger partial charge in [0, 0.05) is 41.8 Å². The fourth-order valence-corrected chi connectivity index (χ4v) is 3.87. The molecule has 1 aromatic carbocycles. The van der Waals surface area contributed by atoms with E-state index < -0.39 is 0 Å². The Labute approximate surface area is 154 Å². The number of piperazine rings is 1. The molecular weight excluding hydrogens is 367 g/mol. The van der Waals surface area contributed by atoms with Gasteiger partial charge in [-0.1, -0.05) is 29.3 Å². The van der Waals surface area contributed by atoms with E-state index in [0.29, 0.717) is 48.3 Å². The number of hydrogen-bond donors (Lipinski definition) is 0. The number of thiophene rings is 1. The van der Waals surface area contributed by atoms with E-state index in [-0.39, 0.29) is 11.7 Å². The van der Waals surface area contributed by atoms with Crippen molar-refractivity contribution < 1.29 is 9.59 Å². The fourth-order valence-electron chi connectivity index (χ4n) is 2.69. The van der Waals surface area contributed by atoms with Crippen LogP contribution in [0, 0.1) is 0 Å². The van der Waals surface area contributed by atoms with E-state index in [1.807, 2.05) is 17.5 Å². The Morgan fingerprint density at radius 1 is 1.04 bits per heavy atom. The Morgan fingerprint density at radius 2 is 1.71 bits per heavy atom. The molecule has 1 aromatic heterocycles. The van der Waals surface area contributed by atoms with Crippen LogP contribution >= 0.6 is 34.5 Å². The van der Waals surface area contributed by atoms with Crippen LogP contribution in [0.25, 0.3) is 0 Å². The van der Waals surface area contributed by atoms with Gasteiger partial charge in [-0.3, -0.25) is 14.5 Å². The zero-order valence-corrected chi connectivity index (χ0v) is 15.2. The van der Waals surface area contributed by atoms with E-state index in [0.717, 1.165) is 4.88 Å². The molecule has 0 saturated carbocycles. The molecule has 0 unspecified atom stereocenters. The molecule has 7 heteroatoms. The quantitative estimate of drug-likeness (QED) is 0.756. The first-order valence-corrected chi connectivity index (χ1v) is 9.21. The summed E-state index contributed by atoms with van der Waals surface area (Å²) in [7, 11) is 0. The second-order valence-electron chi connectivity index (χ2n) is 5.63. The Morgan fingerprint density at radius 3 is 2.29 bits per heavy atom. The van der Waals surface area contributed by atoms with E-state index >= 15 is 0 Å². The molecule has 24 heavy (non-hydrogen) atoms. The number of hydrogen-bond acceptors (Lipinski definition) is 4. The third-order valence-corrected chi connectivity index (χ3v) is 5.28. The lowest BCUT2D eigenvalue weighted by atomic mass is 10.1. The van der Waals surface area contributed by atoms with Crippen molar-refractivity contribution in [3.63, 3.8) is 0 Å². The van der Waals surface area contributed by atoms with E-state index in [4.69, 9.17) is 23.2 Å². The predicted octanol–water partition coefficient (Wildman–Crippen LogP) is 3.70. The van der Waals surface area contributed by atoms with Crippen LogP contribution in [-0.2, 0) is 0 Å². The topological polar surface area (TPSA) is 40.6 Å². The average molecular weight is 383 g/mol. The van der Waals surface area contributed by atoms with Crippen LogP contribution in [0.1, 0.15) is 20.0 Å². The fraction of sp³-hybridized carbons (Fsp3) is 0.294. The highest BCUT2D eigenvalue weighted by Crippen LogP contribution is 2.21. The van der Waals surface area contributed by atoms with Crippen LogP contribution in [-0.4, -0.2) is 54.2 Å². The number of halogens is 2. The Hall–Kier alpha value is -1.40. The molecule has 0 bridgehead atoms. The standard InChI is InChI=1S/C17H16Cl2N2O2S/c18-13-8-12(9-14(19)10-13)17(23)21-5-3-20(4-6-21)11-15(22)16-2-1-7-24-16/h1-2,7-10H,3-6,11H2. The van der Waals surface area contributed by atoms with Crippen LogP contribution in [0.2, 0.25) is 10.0 Å². The molecule has 0 aliphatic carbocycles. The molecule has 1 amide bonds. The van der Waals surface area contributed by atoms with Crippen LogP contribution in [0.15, 0.2) is 35.7 Å². The average Bonchev–Trinajstić information content (AvgIpc) is 3.08. The molecule has 0 N–H and O–H groups in total. The first kappa shape index (κ1) is 17.4. The number of nitrogens with zero attached hydrogens (tertiary/aromatic N) is 2. The highest BCUT2D eigenvalue weighted by atomic mass is 35.5. The molecule has 1 fully saturated rings.